The minimum absolute atomic E-state index is 0.226. The van der Waals surface area contributed by atoms with E-state index in [0.717, 1.165) is 6.42 Å². The molecule has 0 aromatic carbocycles. The third-order valence-corrected chi connectivity index (χ3v) is 4.81. The van der Waals surface area contributed by atoms with Gasteiger partial charge in [-0.05, 0) is 12.8 Å². The highest BCUT2D eigenvalue weighted by Gasteiger charge is 2.38. The zero-order chi connectivity index (χ0) is 16.3. The summed E-state index contributed by atoms with van der Waals surface area (Å²) in [5.41, 5.74) is 0.226. The van der Waals surface area contributed by atoms with Crippen molar-refractivity contribution in [1.82, 2.24) is 4.90 Å². The summed E-state index contributed by atoms with van der Waals surface area (Å²) in [4.78, 5) is 13.9. The number of nitrogens with zero attached hydrogens (tertiary/aromatic N) is 2. The Balaban J connectivity index is 3.21. The molecule has 3 nitrogen and oxygen atoms in total. The molecule has 0 aromatic rings. The number of hydrogen-bond acceptors (Lipinski definition) is 4. The monoisotopic (exact) mass is 362 g/mol. The maximum absolute atomic E-state index is 12.4. The molecule has 0 aliphatic carbocycles. The van der Waals surface area contributed by atoms with Crippen LogP contribution in [0, 0.1) is 11.3 Å². The van der Waals surface area contributed by atoms with E-state index in [1.54, 1.807) is 0 Å². The van der Waals surface area contributed by atoms with Crippen molar-refractivity contribution in [1.29, 1.82) is 5.26 Å². The van der Waals surface area contributed by atoms with Gasteiger partial charge in [0.15, 0.2) is 0 Å². The Labute approximate surface area is 146 Å². The summed E-state index contributed by atoms with van der Waals surface area (Å²) in [7, 11) is 0. The standard InChI is InChI=1S/C14H16Cl2N2OS2/c1-3-13(15,20)11(14(16,21)4-2)8-12(19)18-7-5-6-10(18)9-17/h3-4,8,10,20-21H,1-2,5-7H2. The van der Waals surface area contributed by atoms with Gasteiger partial charge in [-0.2, -0.15) is 5.26 Å². The van der Waals surface area contributed by atoms with Gasteiger partial charge in [0.1, 0.15) is 14.5 Å². The minimum atomic E-state index is -1.35. The number of rotatable bonds is 5. The summed E-state index contributed by atoms with van der Waals surface area (Å²) in [6, 6.07) is 1.67. The van der Waals surface area contributed by atoms with Crippen LogP contribution in [0.1, 0.15) is 12.8 Å². The summed E-state index contributed by atoms with van der Waals surface area (Å²) in [6.07, 6.45) is 5.40. The zero-order valence-corrected chi connectivity index (χ0v) is 14.6. The van der Waals surface area contributed by atoms with Crippen LogP contribution < -0.4 is 0 Å². The lowest BCUT2D eigenvalue weighted by Gasteiger charge is -2.30. The largest absolute Gasteiger partial charge is 0.323 e. The van der Waals surface area contributed by atoms with E-state index in [2.05, 4.69) is 44.5 Å². The van der Waals surface area contributed by atoms with Crippen LogP contribution in [0.2, 0.25) is 0 Å². The SMILES string of the molecule is C=CC(S)(Cl)C(=CC(=O)N1CCCC1C#N)C(S)(Cl)C=C. The molecule has 0 spiro atoms. The molecule has 3 atom stereocenters. The fraction of sp³-hybridized carbons (Fsp3) is 0.429. The zero-order valence-electron chi connectivity index (χ0n) is 11.3. The van der Waals surface area contributed by atoms with Gasteiger partial charge in [-0.1, -0.05) is 35.4 Å². The maximum atomic E-state index is 12.4. The smallest absolute Gasteiger partial charge is 0.247 e. The molecule has 114 valence electrons. The summed E-state index contributed by atoms with van der Waals surface area (Å²) < 4.78 is -2.70. The second-order valence-electron chi connectivity index (χ2n) is 4.63. The van der Waals surface area contributed by atoms with Crippen molar-refractivity contribution in [3.05, 3.63) is 37.0 Å². The summed E-state index contributed by atoms with van der Waals surface area (Å²) in [6.45, 7) is 7.69. The third kappa shape index (κ3) is 4.23. The van der Waals surface area contributed by atoms with Gasteiger partial charge in [0.25, 0.3) is 0 Å². The van der Waals surface area contributed by atoms with E-state index >= 15 is 0 Å². The van der Waals surface area contributed by atoms with Gasteiger partial charge in [0.2, 0.25) is 5.91 Å². The second-order valence-corrected chi connectivity index (χ2v) is 7.76. The molecule has 1 heterocycles. The van der Waals surface area contributed by atoms with E-state index in [1.165, 1.54) is 23.1 Å². The van der Waals surface area contributed by atoms with Gasteiger partial charge in [-0.15, -0.1) is 38.4 Å². The van der Waals surface area contributed by atoms with Gasteiger partial charge in [-0.25, -0.2) is 0 Å². The lowest BCUT2D eigenvalue weighted by Crippen LogP contribution is -2.36. The van der Waals surface area contributed by atoms with Crippen LogP contribution in [-0.2, 0) is 4.79 Å². The molecule has 1 aliphatic rings. The summed E-state index contributed by atoms with van der Waals surface area (Å²) in [5, 5.41) is 9.05. The van der Waals surface area contributed by atoms with Crippen molar-refractivity contribution in [2.45, 2.75) is 27.3 Å². The second kappa shape index (κ2) is 7.15. The molecule has 1 saturated heterocycles. The maximum Gasteiger partial charge on any atom is 0.247 e. The topological polar surface area (TPSA) is 44.1 Å². The number of hydrogen-bond donors (Lipinski definition) is 2. The van der Waals surface area contributed by atoms with Crippen molar-refractivity contribution in [3.63, 3.8) is 0 Å². The molecule has 7 heteroatoms. The van der Waals surface area contributed by atoms with Crippen molar-refractivity contribution < 1.29 is 4.79 Å². The molecule has 1 amide bonds. The Hall–Kier alpha value is -0.540. The fourth-order valence-corrected chi connectivity index (χ4v) is 3.20. The number of halogens is 2. The first-order valence-corrected chi connectivity index (χ1v) is 7.87. The molecule has 1 aliphatic heterocycles. The summed E-state index contributed by atoms with van der Waals surface area (Å²) in [5.74, 6) is -0.351. The fourth-order valence-electron chi connectivity index (χ4n) is 2.04. The molecule has 1 rings (SSSR count). The Morgan fingerprint density at radius 2 is 1.86 bits per heavy atom. The highest BCUT2D eigenvalue weighted by atomic mass is 35.5. The molecule has 0 aromatic heterocycles. The lowest BCUT2D eigenvalue weighted by atomic mass is 10.1. The average molecular weight is 363 g/mol. The van der Waals surface area contributed by atoms with Gasteiger partial charge < -0.3 is 4.90 Å². The van der Waals surface area contributed by atoms with Crippen molar-refractivity contribution in [2.75, 3.05) is 6.54 Å². The lowest BCUT2D eigenvalue weighted by molar-refractivity contribution is -0.126. The highest BCUT2D eigenvalue weighted by molar-refractivity contribution is 7.85. The molecule has 21 heavy (non-hydrogen) atoms. The van der Waals surface area contributed by atoms with Crippen LogP contribution >= 0.6 is 48.5 Å². The number of thiol groups is 2. The highest BCUT2D eigenvalue weighted by Crippen LogP contribution is 2.44. The third-order valence-electron chi connectivity index (χ3n) is 3.25. The van der Waals surface area contributed by atoms with Crippen LogP contribution in [-0.4, -0.2) is 31.8 Å². The number of carbonyl (C=O) groups is 1. The quantitative estimate of drug-likeness (QED) is 0.340. The van der Waals surface area contributed by atoms with Gasteiger partial charge in [-0.3, -0.25) is 4.79 Å². The minimum Gasteiger partial charge on any atom is -0.323 e. The van der Waals surface area contributed by atoms with Crippen LogP contribution in [0.15, 0.2) is 37.0 Å². The number of alkyl halides is 2. The van der Waals surface area contributed by atoms with Crippen molar-refractivity contribution in [2.24, 2.45) is 0 Å². The number of nitriles is 1. The van der Waals surface area contributed by atoms with Gasteiger partial charge in [0.05, 0.1) is 6.07 Å². The van der Waals surface area contributed by atoms with Crippen LogP contribution in [0.4, 0.5) is 0 Å². The van der Waals surface area contributed by atoms with E-state index in [9.17, 15) is 4.79 Å². The van der Waals surface area contributed by atoms with E-state index in [-0.39, 0.29) is 11.5 Å². The number of carbonyl (C=O) groups excluding carboxylic acids is 1. The van der Waals surface area contributed by atoms with Crippen LogP contribution in [0.25, 0.3) is 0 Å². The van der Waals surface area contributed by atoms with Crippen LogP contribution in [0.3, 0.4) is 0 Å². The van der Waals surface area contributed by atoms with E-state index in [0.29, 0.717) is 13.0 Å². The Kier molecular flexibility index (Phi) is 6.30. The van der Waals surface area contributed by atoms with E-state index < -0.39 is 14.5 Å². The number of amides is 1. The molecule has 1 fully saturated rings. The molecule has 0 bridgehead atoms. The molecular weight excluding hydrogens is 347 g/mol. The first-order valence-electron chi connectivity index (χ1n) is 6.22. The average Bonchev–Trinajstić information content (AvgIpc) is 2.92. The molecule has 0 N–H and O–H groups in total. The van der Waals surface area contributed by atoms with Gasteiger partial charge in [0, 0.05) is 18.2 Å². The molecule has 3 unspecified atom stereocenters. The summed E-state index contributed by atoms with van der Waals surface area (Å²) >= 11 is 21.0. The molecule has 0 radical (unpaired) electrons. The first-order chi connectivity index (χ1) is 9.69. The van der Waals surface area contributed by atoms with Gasteiger partial charge >= 0.3 is 0 Å². The Morgan fingerprint density at radius 1 is 1.33 bits per heavy atom. The Bertz CT molecular complexity index is 502. The van der Waals surface area contributed by atoms with Crippen molar-refractivity contribution in [3.8, 4) is 6.07 Å². The molecular formula is C14H16Cl2N2OS2. The normalized spacial score (nSPS) is 23.4. The predicted octanol–water partition coefficient (Wildman–Crippen LogP) is 3.53. The Morgan fingerprint density at radius 3 is 2.29 bits per heavy atom. The van der Waals surface area contributed by atoms with E-state index in [1.807, 2.05) is 0 Å². The molecule has 0 saturated carbocycles. The van der Waals surface area contributed by atoms with E-state index in [4.69, 9.17) is 28.5 Å². The first kappa shape index (κ1) is 18.5. The van der Waals surface area contributed by atoms with Crippen molar-refractivity contribution >= 4 is 54.4 Å². The van der Waals surface area contributed by atoms with Crippen LogP contribution in [0.5, 0.6) is 0 Å². The predicted molar refractivity (Wildman–Crippen MR) is 94.0 cm³/mol. The number of likely N-dealkylation sites (tertiary alicyclic amines) is 1.